The van der Waals surface area contributed by atoms with Crippen molar-refractivity contribution in [3.05, 3.63) is 148 Å². The summed E-state index contributed by atoms with van der Waals surface area (Å²) >= 11 is 12.7. The molecule has 2 aliphatic heterocycles. The molecule has 4 aliphatic rings. The van der Waals surface area contributed by atoms with Gasteiger partial charge in [0.05, 0.1) is 46.0 Å². The molecule has 6 aromatic rings. The number of oxazole rings is 1. The molecule has 324 valence electrons. The van der Waals surface area contributed by atoms with Gasteiger partial charge in [-0.25, -0.2) is 9.97 Å². The van der Waals surface area contributed by atoms with Crippen LogP contribution in [0.5, 0.6) is 5.75 Å². The average Bonchev–Trinajstić information content (AvgIpc) is 3.90. The number of nitrogens with zero attached hydrogens (tertiary/aromatic N) is 4. The second-order valence-electron chi connectivity index (χ2n) is 16.1. The van der Waals surface area contributed by atoms with Gasteiger partial charge in [0.15, 0.2) is 11.4 Å². The molecule has 10 rings (SSSR count). The van der Waals surface area contributed by atoms with Crippen LogP contribution in [0.3, 0.4) is 0 Å². The summed E-state index contributed by atoms with van der Waals surface area (Å²) in [7, 11) is 0. The molecule has 2 aromatic heterocycles. The van der Waals surface area contributed by atoms with Crippen LogP contribution < -0.4 is 15.1 Å². The Kier molecular flexibility index (Phi) is 10.1. The predicted molar refractivity (Wildman–Crippen MR) is 228 cm³/mol. The number of para-hydroxylation sites is 3. The zero-order chi connectivity index (χ0) is 44.7. The molecule has 0 spiro atoms. The number of alkyl halides is 3. The van der Waals surface area contributed by atoms with Gasteiger partial charge in [0.1, 0.15) is 17.9 Å². The number of pyridine rings is 1. The van der Waals surface area contributed by atoms with Crippen molar-refractivity contribution in [2.75, 3.05) is 23.5 Å². The van der Waals surface area contributed by atoms with Crippen LogP contribution in [0.1, 0.15) is 35.4 Å². The quantitative estimate of drug-likeness (QED) is 0.106. The van der Waals surface area contributed by atoms with Gasteiger partial charge in [0, 0.05) is 28.3 Å². The number of allylic oxidation sites excluding steroid dienone is 2. The van der Waals surface area contributed by atoms with Crippen LogP contribution in [-0.4, -0.2) is 56.9 Å². The lowest BCUT2D eigenvalue weighted by molar-refractivity contribution is -0.139. The molecular weight excluding hydrogens is 874 g/mol. The van der Waals surface area contributed by atoms with Crippen LogP contribution in [0.2, 0.25) is 10.0 Å². The number of hydrazine groups is 1. The number of amides is 4. The first-order chi connectivity index (χ1) is 30.8. The normalized spacial score (nSPS) is 24.2. The van der Waals surface area contributed by atoms with Crippen LogP contribution >= 0.6 is 23.2 Å². The number of nitrogens with one attached hydrogen (secondary N) is 1. The number of anilines is 2. The van der Waals surface area contributed by atoms with Gasteiger partial charge in [0.2, 0.25) is 17.7 Å². The first kappa shape index (κ1) is 41.5. The predicted octanol–water partition coefficient (Wildman–Crippen LogP) is 8.78. The summed E-state index contributed by atoms with van der Waals surface area (Å²) < 4.78 is 52.8. The molecule has 4 amide bonds. The second kappa shape index (κ2) is 15.6. The Balaban J connectivity index is 1.09. The number of imide groups is 2. The van der Waals surface area contributed by atoms with Gasteiger partial charge in [-0.3, -0.25) is 29.5 Å². The molecule has 12 nitrogen and oxygen atoms in total. The Labute approximate surface area is 372 Å². The Morgan fingerprint density at radius 3 is 2.34 bits per heavy atom. The minimum atomic E-state index is -4.77. The Hall–Kier alpha value is -6.55. The monoisotopic (exact) mass is 907 g/mol. The summed E-state index contributed by atoms with van der Waals surface area (Å²) in [6, 6.07) is 28.0. The second-order valence-corrected chi connectivity index (χ2v) is 16.9. The fourth-order valence-corrected chi connectivity index (χ4v) is 10.5. The molecule has 6 unspecified atom stereocenters. The highest BCUT2D eigenvalue weighted by molar-refractivity contribution is 6.33. The zero-order valence-electron chi connectivity index (χ0n) is 33.3. The first-order valence-electron chi connectivity index (χ1n) is 20.3. The van der Waals surface area contributed by atoms with Crippen molar-refractivity contribution < 1.29 is 46.6 Å². The lowest BCUT2D eigenvalue weighted by Gasteiger charge is -2.50. The van der Waals surface area contributed by atoms with Gasteiger partial charge in [0.25, 0.3) is 11.8 Å². The van der Waals surface area contributed by atoms with Crippen molar-refractivity contribution in [1.29, 1.82) is 0 Å². The first-order valence-corrected chi connectivity index (χ1v) is 21.1. The van der Waals surface area contributed by atoms with Gasteiger partial charge >= 0.3 is 6.18 Å². The van der Waals surface area contributed by atoms with E-state index in [1.807, 2.05) is 24.3 Å². The van der Waals surface area contributed by atoms with Crippen LogP contribution in [0.15, 0.2) is 125 Å². The minimum Gasteiger partial charge on any atom is -0.491 e. The van der Waals surface area contributed by atoms with E-state index in [1.54, 1.807) is 78.9 Å². The number of aliphatic hydroxyl groups excluding tert-OH is 1. The minimum absolute atomic E-state index is 0.0771. The number of ether oxygens (including phenoxy) is 1. The van der Waals surface area contributed by atoms with Gasteiger partial charge in [-0.15, -0.1) is 0 Å². The summed E-state index contributed by atoms with van der Waals surface area (Å²) in [5, 5.41) is 10.4. The molecule has 0 bridgehead atoms. The molecule has 2 N–H and O–H groups in total. The van der Waals surface area contributed by atoms with Crippen molar-refractivity contribution in [3.8, 4) is 17.2 Å². The average molecular weight is 909 g/mol. The largest absolute Gasteiger partial charge is 0.491 e. The van der Waals surface area contributed by atoms with Crippen molar-refractivity contribution >= 4 is 69.4 Å². The lowest BCUT2D eigenvalue weighted by Crippen LogP contribution is -2.53. The topological polar surface area (TPSA) is 155 Å². The maximum atomic E-state index is 15.6. The molecule has 6 atom stereocenters. The fourth-order valence-electron chi connectivity index (χ4n) is 10.1. The molecule has 3 fully saturated rings. The number of benzene rings is 4. The summed E-state index contributed by atoms with van der Waals surface area (Å²) in [6.07, 6.45) is -2.30. The zero-order valence-corrected chi connectivity index (χ0v) is 34.8. The molecule has 2 saturated heterocycles. The number of carbonyl (C=O) groups excluding carboxylic acids is 4. The molecule has 2 aliphatic carbocycles. The van der Waals surface area contributed by atoms with Crippen molar-refractivity contribution in [1.82, 2.24) is 15.0 Å². The van der Waals surface area contributed by atoms with E-state index in [1.165, 1.54) is 4.90 Å². The van der Waals surface area contributed by atoms with E-state index < -0.39 is 75.4 Å². The van der Waals surface area contributed by atoms with Gasteiger partial charge in [-0.2, -0.15) is 18.2 Å². The number of hydrogen-bond acceptors (Lipinski definition) is 10. The maximum absolute atomic E-state index is 15.6. The molecule has 1 saturated carbocycles. The van der Waals surface area contributed by atoms with E-state index in [4.69, 9.17) is 32.4 Å². The van der Waals surface area contributed by atoms with E-state index in [9.17, 15) is 27.9 Å². The summed E-state index contributed by atoms with van der Waals surface area (Å²) in [6.45, 7) is -0.447. The fraction of sp³-hybridized carbons (Fsp3) is 0.234. The Morgan fingerprint density at radius 2 is 1.62 bits per heavy atom. The summed E-state index contributed by atoms with van der Waals surface area (Å²) in [5.41, 5.74) is 3.43. The lowest BCUT2D eigenvalue weighted by atomic mass is 9.49. The number of rotatable bonds is 9. The van der Waals surface area contributed by atoms with Gasteiger partial charge in [-0.05, 0) is 85.0 Å². The van der Waals surface area contributed by atoms with Crippen LogP contribution in [-0.2, 0) is 30.8 Å². The van der Waals surface area contributed by atoms with Crippen molar-refractivity contribution in [2.24, 2.45) is 23.7 Å². The number of aliphatic hydroxyl groups is 1. The van der Waals surface area contributed by atoms with E-state index in [-0.39, 0.29) is 31.9 Å². The van der Waals surface area contributed by atoms with E-state index in [0.29, 0.717) is 68.0 Å². The SMILES string of the molecule is O=C1C2CC3C(=CCC4C(=O)N(c5ccc(-c6nc7ccccc7o6)cc5)C(=O)C43)C(c3ccccc3OCCO)C2(c2ccc(Cl)cc2)C(=O)N1Nc1ncc(C(F)(F)F)cc1Cl. The van der Waals surface area contributed by atoms with Crippen LogP contribution in [0.4, 0.5) is 24.7 Å². The number of hydrogen-bond donors (Lipinski definition) is 2. The molecule has 17 heteroatoms. The number of carbonyl (C=O) groups is 4. The smallest absolute Gasteiger partial charge is 0.417 e. The molecule has 0 radical (unpaired) electrons. The maximum Gasteiger partial charge on any atom is 0.417 e. The highest BCUT2D eigenvalue weighted by Crippen LogP contribution is 2.65. The summed E-state index contributed by atoms with van der Waals surface area (Å²) in [4.78, 5) is 69.5. The van der Waals surface area contributed by atoms with Crippen molar-refractivity contribution in [3.63, 3.8) is 0 Å². The highest BCUT2D eigenvalue weighted by Gasteiger charge is 2.71. The number of aromatic nitrogens is 2. The van der Waals surface area contributed by atoms with E-state index >= 15 is 9.59 Å². The standard InChI is InChI=1S/C47H34Cl2F3N5O7/c48-27-13-11-25(12-14-27)46-33(43(60)57(45(46)62)55-40-34(49)21-26(23-53-40)47(50,51)52)22-32-29(39(46)30-5-1-3-7-36(30)63-20-19-58)17-18-31-38(32)44(61)56(42(31)59)28-15-9-24(10-16-28)41-54-35-6-2-4-8-37(35)64-41/h1-17,21,23,31-33,38-39,58H,18-20,22H2,(H,53,55). The molecule has 4 aromatic carbocycles. The third-order valence-corrected chi connectivity index (χ3v) is 13.3. The van der Waals surface area contributed by atoms with E-state index in [2.05, 4.69) is 15.4 Å². The number of fused-ring (bicyclic) bond motifs is 5. The molecular formula is C47H34Cl2F3N5O7. The van der Waals surface area contributed by atoms with Crippen molar-refractivity contribution in [2.45, 2.75) is 30.4 Å². The van der Waals surface area contributed by atoms with E-state index in [0.717, 1.165) is 5.01 Å². The Bertz CT molecular complexity index is 2890. The molecule has 4 heterocycles. The van der Waals surface area contributed by atoms with Gasteiger partial charge in [-0.1, -0.05) is 77.3 Å². The Morgan fingerprint density at radius 1 is 0.891 bits per heavy atom. The number of halogens is 5. The third-order valence-electron chi connectivity index (χ3n) is 12.8. The van der Waals surface area contributed by atoms with Gasteiger partial charge < -0.3 is 14.3 Å². The highest BCUT2D eigenvalue weighted by atomic mass is 35.5. The molecule has 64 heavy (non-hydrogen) atoms. The van der Waals surface area contributed by atoms with Crippen LogP contribution in [0.25, 0.3) is 22.6 Å². The van der Waals surface area contributed by atoms with Crippen LogP contribution in [0, 0.1) is 23.7 Å². The summed E-state index contributed by atoms with van der Waals surface area (Å²) in [5.74, 6) is -6.92. The third kappa shape index (κ3) is 6.47.